The van der Waals surface area contributed by atoms with Crippen LogP contribution in [0.2, 0.25) is 0 Å². The topological polar surface area (TPSA) is 37.4 Å². The van der Waals surface area contributed by atoms with E-state index in [1.165, 1.54) is 33.5 Å². The number of sulfonamides is 1. The summed E-state index contributed by atoms with van der Waals surface area (Å²) in [6.07, 6.45) is 0.454. The van der Waals surface area contributed by atoms with E-state index in [9.17, 15) is 17.2 Å². The minimum atomic E-state index is -3.50. The van der Waals surface area contributed by atoms with Crippen LogP contribution >= 0.6 is 23.1 Å². The number of benzene rings is 1. The molecular formula is C15H15F2NO2S3. The zero-order valence-corrected chi connectivity index (χ0v) is 14.6. The Morgan fingerprint density at radius 1 is 1.17 bits per heavy atom. The first-order valence-corrected chi connectivity index (χ1v) is 10.5. The van der Waals surface area contributed by atoms with Gasteiger partial charge in [0.2, 0.25) is 0 Å². The van der Waals surface area contributed by atoms with E-state index in [0.29, 0.717) is 35.0 Å². The molecule has 1 atom stereocenters. The standard InChI is InChI=1S/C15H15F2NO2S3/c16-11-3-4-13(17)12(10-11)14-5-6-18(7-9-21-14)23(19,20)15-2-1-8-22-15/h1-4,8,10,14H,5-7,9H2/t14-/m0/s1. The molecule has 0 aliphatic carbocycles. The molecular weight excluding hydrogens is 360 g/mol. The molecule has 1 fully saturated rings. The van der Waals surface area contributed by atoms with E-state index in [4.69, 9.17) is 0 Å². The summed E-state index contributed by atoms with van der Waals surface area (Å²) in [5.74, 6) is -0.377. The normalized spacial score (nSPS) is 20.3. The number of hydrogen-bond acceptors (Lipinski definition) is 4. The monoisotopic (exact) mass is 375 g/mol. The maximum atomic E-state index is 13.9. The Labute approximate surface area is 142 Å². The van der Waals surface area contributed by atoms with Gasteiger partial charge in [-0.2, -0.15) is 16.1 Å². The smallest absolute Gasteiger partial charge is 0.207 e. The number of thioether (sulfide) groups is 1. The highest BCUT2D eigenvalue weighted by atomic mass is 32.2. The van der Waals surface area contributed by atoms with Crippen molar-refractivity contribution in [1.29, 1.82) is 0 Å². The molecule has 23 heavy (non-hydrogen) atoms. The van der Waals surface area contributed by atoms with Crippen molar-refractivity contribution in [2.75, 3.05) is 18.8 Å². The lowest BCUT2D eigenvalue weighted by atomic mass is 10.1. The van der Waals surface area contributed by atoms with Crippen molar-refractivity contribution in [3.8, 4) is 0 Å². The van der Waals surface area contributed by atoms with Crippen molar-refractivity contribution < 1.29 is 17.2 Å². The van der Waals surface area contributed by atoms with E-state index >= 15 is 0 Å². The largest absolute Gasteiger partial charge is 0.252 e. The lowest BCUT2D eigenvalue weighted by molar-refractivity contribution is 0.428. The van der Waals surface area contributed by atoms with Gasteiger partial charge in [0.25, 0.3) is 10.0 Å². The van der Waals surface area contributed by atoms with Crippen molar-refractivity contribution in [3.05, 3.63) is 52.9 Å². The van der Waals surface area contributed by atoms with Crippen molar-refractivity contribution >= 4 is 33.1 Å². The summed E-state index contributed by atoms with van der Waals surface area (Å²) in [7, 11) is -3.50. The second-order valence-electron chi connectivity index (χ2n) is 5.15. The number of rotatable bonds is 3. The van der Waals surface area contributed by atoms with Gasteiger partial charge in [-0.05, 0) is 36.1 Å². The van der Waals surface area contributed by atoms with Gasteiger partial charge >= 0.3 is 0 Å². The lowest BCUT2D eigenvalue weighted by Gasteiger charge is -2.19. The summed E-state index contributed by atoms with van der Waals surface area (Å²) in [6, 6.07) is 6.71. The Bertz CT molecular complexity index is 778. The lowest BCUT2D eigenvalue weighted by Crippen LogP contribution is -2.32. The Hall–Kier alpha value is -0.960. The first-order chi connectivity index (χ1) is 11.0. The molecule has 1 aromatic carbocycles. The fourth-order valence-electron chi connectivity index (χ4n) is 2.54. The summed E-state index contributed by atoms with van der Waals surface area (Å²) in [4.78, 5) is 0. The van der Waals surface area contributed by atoms with Gasteiger partial charge in [-0.3, -0.25) is 0 Å². The van der Waals surface area contributed by atoms with E-state index in [1.807, 2.05) is 0 Å². The first kappa shape index (κ1) is 16.9. The SMILES string of the molecule is O=S(=O)(c1cccs1)N1CCS[C@H](c2cc(F)ccc2F)CC1. The van der Waals surface area contributed by atoms with Crippen LogP contribution in [0, 0.1) is 11.6 Å². The van der Waals surface area contributed by atoms with Gasteiger partial charge in [0.1, 0.15) is 15.8 Å². The maximum Gasteiger partial charge on any atom is 0.252 e. The number of nitrogens with zero attached hydrogens (tertiary/aromatic N) is 1. The molecule has 2 heterocycles. The number of thiophene rings is 1. The second-order valence-corrected chi connectivity index (χ2v) is 9.57. The summed E-state index contributed by atoms with van der Waals surface area (Å²) in [6.45, 7) is 0.673. The number of hydrogen-bond donors (Lipinski definition) is 0. The molecule has 1 aliphatic heterocycles. The molecule has 1 aromatic heterocycles. The molecule has 2 aromatic rings. The van der Waals surface area contributed by atoms with E-state index in [1.54, 1.807) is 17.5 Å². The predicted octanol–water partition coefficient (Wildman–Crippen LogP) is 3.90. The summed E-state index contributed by atoms with van der Waals surface area (Å²) < 4.78 is 54.2. The quantitative estimate of drug-likeness (QED) is 0.817. The third-order valence-electron chi connectivity index (χ3n) is 3.69. The predicted molar refractivity (Wildman–Crippen MR) is 89.3 cm³/mol. The van der Waals surface area contributed by atoms with Crippen LogP contribution in [0.15, 0.2) is 39.9 Å². The van der Waals surface area contributed by atoms with Gasteiger partial charge in [0, 0.05) is 29.7 Å². The van der Waals surface area contributed by atoms with E-state index in [0.717, 1.165) is 12.1 Å². The molecule has 1 aliphatic rings. The highest BCUT2D eigenvalue weighted by Crippen LogP contribution is 2.37. The van der Waals surface area contributed by atoms with Crippen LogP contribution in [-0.4, -0.2) is 31.6 Å². The Kier molecular flexibility index (Phi) is 5.05. The van der Waals surface area contributed by atoms with E-state index in [-0.39, 0.29) is 5.25 Å². The van der Waals surface area contributed by atoms with Gasteiger partial charge < -0.3 is 0 Å². The third kappa shape index (κ3) is 3.60. The Balaban J connectivity index is 1.79. The van der Waals surface area contributed by atoms with Crippen LogP contribution < -0.4 is 0 Å². The van der Waals surface area contributed by atoms with Crippen LogP contribution in [0.5, 0.6) is 0 Å². The van der Waals surface area contributed by atoms with Crippen molar-refractivity contribution in [1.82, 2.24) is 4.31 Å². The van der Waals surface area contributed by atoms with E-state index in [2.05, 4.69) is 0 Å². The van der Waals surface area contributed by atoms with Crippen molar-refractivity contribution in [3.63, 3.8) is 0 Å². The fraction of sp³-hybridized carbons (Fsp3) is 0.333. The summed E-state index contributed by atoms with van der Waals surface area (Å²) in [5.41, 5.74) is 0.311. The zero-order valence-electron chi connectivity index (χ0n) is 12.1. The molecule has 124 valence electrons. The van der Waals surface area contributed by atoms with Crippen molar-refractivity contribution in [2.45, 2.75) is 15.9 Å². The second kappa shape index (κ2) is 6.88. The average molecular weight is 375 g/mol. The van der Waals surface area contributed by atoms with Gasteiger partial charge in [0.05, 0.1) is 0 Å². The van der Waals surface area contributed by atoms with Gasteiger partial charge in [-0.15, -0.1) is 11.3 Å². The number of halogens is 2. The van der Waals surface area contributed by atoms with Gasteiger partial charge in [-0.25, -0.2) is 17.2 Å². The third-order valence-corrected chi connectivity index (χ3v) is 8.28. The van der Waals surface area contributed by atoms with Crippen molar-refractivity contribution in [2.24, 2.45) is 0 Å². The summed E-state index contributed by atoms with van der Waals surface area (Å²) >= 11 is 2.65. The highest BCUT2D eigenvalue weighted by molar-refractivity contribution is 7.99. The maximum absolute atomic E-state index is 13.9. The molecule has 1 saturated heterocycles. The van der Waals surface area contributed by atoms with Crippen LogP contribution in [0.25, 0.3) is 0 Å². The highest BCUT2D eigenvalue weighted by Gasteiger charge is 2.29. The molecule has 0 unspecified atom stereocenters. The van der Waals surface area contributed by atoms with Crippen LogP contribution in [0.4, 0.5) is 8.78 Å². The van der Waals surface area contributed by atoms with Crippen LogP contribution in [0.1, 0.15) is 17.2 Å². The first-order valence-electron chi connectivity index (χ1n) is 7.08. The summed E-state index contributed by atoms with van der Waals surface area (Å²) in [5, 5.41) is 1.49. The minimum absolute atomic E-state index is 0.241. The minimum Gasteiger partial charge on any atom is -0.207 e. The molecule has 3 rings (SSSR count). The molecule has 0 N–H and O–H groups in total. The molecule has 0 radical (unpaired) electrons. The molecule has 0 bridgehead atoms. The fourth-order valence-corrected chi connectivity index (χ4v) is 6.50. The molecule has 0 saturated carbocycles. The Morgan fingerprint density at radius 3 is 2.74 bits per heavy atom. The molecule has 0 amide bonds. The van der Waals surface area contributed by atoms with Crippen LogP contribution in [-0.2, 0) is 10.0 Å². The molecule has 0 spiro atoms. The zero-order chi connectivity index (χ0) is 16.4. The van der Waals surface area contributed by atoms with Gasteiger partial charge in [-0.1, -0.05) is 6.07 Å². The van der Waals surface area contributed by atoms with E-state index < -0.39 is 21.7 Å². The Morgan fingerprint density at radius 2 is 2.00 bits per heavy atom. The molecule has 8 heteroatoms. The van der Waals surface area contributed by atoms with Gasteiger partial charge in [0.15, 0.2) is 0 Å². The van der Waals surface area contributed by atoms with Crippen LogP contribution in [0.3, 0.4) is 0 Å². The molecule has 3 nitrogen and oxygen atoms in total. The average Bonchev–Trinajstić information content (AvgIpc) is 2.95.